The fourth-order valence-corrected chi connectivity index (χ4v) is 7.19. The van der Waals surface area contributed by atoms with Gasteiger partial charge in [-0.15, -0.1) is 23.5 Å². The lowest BCUT2D eigenvalue weighted by Gasteiger charge is -2.12. The van der Waals surface area contributed by atoms with Crippen LogP contribution in [0.5, 0.6) is 11.5 Å². The van der Waals surface area contributed by atoms with Crippen molar-refractivity contribution in [1.82, 2.24) is 5.43 Å². The number of hydrogen-bond donors (Lipinski definition) is 1. The van der Waals surface area contributed by atoms with Crippen molar-refractivity contribution < 1.29 is 14.3 Å². The molecular weight excluding hydrogens is 568 g/mol. The van der Waals surface area contributed by atoms with Gasteiger partial charge in [-0.1, -0.05) is 70.5 Å². The van der Waals surface area contributed by atoms with Crippen LogP contribution in [0.25, 0.3) is 10.8 Å². The predicted octanol–water partition coefficient (Wildman–Crippen LogP) is 7.19. The maximum absolute atomic E-state index is 12.3. The summed E-state index contributed by atoms with van der Waals surface area (Å²) in [4.78, 5) is 12.3. The molecule has 0 saturated carbocycles. The first kappa shape index (κ1) is 25.7. The summed E-state index contributed by atoms with van der Waals surface area (Å²) in [7, 11) is 0. The second-order valence-corrected chi connectivity index (χ2v) is 12.0. The standard InChI is InChI=1S/C29H25BrN2O3S2/c30-24-10-13-27(35-18-22-6-3-5-20-4-1-2-7-26(20)22)23(16-24)17-31-32-28(33)19-34-25-11-8-21(9-12-25)29-36-14-15-37-29/h1-13,16-17,29H,14-15,18-19H2,(H,32,33)/b31-17-. The highest BCUT2D eigenvalue weighted by molar-refractivity contribution is 9.10. The van der Waals surface area contributed by atoms with E-state index in [0.717, 1.165) is 21.0 Å². The summed E-state index contributed by atoms with van der Waals surface area (Å²) in [5.74, 6) is 3.37. The number of carbonyl (C=O) groups excluding carboxylic acids is 1. The fourth-order valence-electron chi connectivity index (χ4n) is 3.95. The number of benzene rings is 4. The molecule has 188 valence electrons. The van der Waals surface area contributed by atoms with Crippen LogP contribution >= 0.6 is 39.5 Å². The molecular formula is C29H25BrN2O3S2. The lowest BCUT2D eigenvalue weighted by atomic mass is 10.1. The van der Waals surface area contributed by atoms with E-state index in [1.54, 1.807) is 6.21 Å². The smallest absolute Gasteiger partial charge is 0.277 e. The van der Waals surface area contributed by atoms with E-state index in [1.807, 2.05) is 72.1 Å². The normalized spacial score (nSPS) is 13.8. The van der Waals surface area contributed by atoms with E-state index in [2.05, 4.69) is 62.9 Å². The number of carbonyl (C=O) groups is 1. The molecule has 5 nitrogen and oxygen atoms in total. The van der Waals surface area contributed by atoms with Gasteiger partial charge in [0.15, 0.2) is 6.61 Å². The van der Waals surface area contributed by atoms with E-state index in [-0.39, 0.29) is 12.5 Å². The van der Waals surface area contributed by atoms with Crippen LogP contribution in [-0.2, 0) is 11.4 Å². The van der Waals surface area contributed by atoms with E-state index < -0.39 is 0 Å². The Bertz CT molecular complexity index is 1400. The Morgan fingerprint density at radius 2 is 1.76 bits per heavy atom. The van der Waals surface area contributed by atoms with Gasteiger partial charge in [-0.05, 0) is 52.2 Å². The summed E-state index contributed by atoms with van der Waals surface area (Å²) in [5.41, 5.74) is 5.65. The minimum atomic E-state index is -0.338. The Morgan fingerprint density at radius 3 is 2.59 bits per heavy atom. The monoisotopic (exact) mass is 592 g/mol. The summed E-state index contributed by atoms with van der Waals surface area (Å²) in [6.07, 6.45) is 1.58. The number of fused-ring (bicyclic) bond motifs is 1. The second-order valence-electron chi connectivity index (χ2n) is 8.33. The third-order valence-corrected chi connectivity index (χ3v) is 9.37. The summed E-state index contributed by atoms with van der Waals surface area (Å²) >= 11 is 7.42. The molecule has 0 radical (unpaired) electrons. The molecule has 1 amide bonds. The summed E-state index contributed by atoms with van der Waals surface area (Å²) in [6, 6.07) is 28.1. The number of rotatable bonds is 9. The van der Waals surface area contributed by atoms with E-state index >= 15 is 0 Å². The number of hydrogen-bond acceptors (Lipinski definition) is 6. The third-order valence-electron chi connectivity index (χ3n) is 5.77. The molecule has 8 heteroatoms. The average molecular weight is 594 g/mol. The van der Waals surface area contributed by atoms with Gasteiger partial charge in [0.1, 0.15) is 18.1 Å². The van der Waals surface area contributed by atoms with E-state index in [9.17, 15) is 4.79 Å². The quantitative estimate of drug-likeness (QED) is 0.165. The molecule has 0 bridgehead atoms. The Kier molecular flexibility index (Phi) is 8.71. The SMILES string of the molecule is O=C(COc1ccc(C2SCCS2)cc1)N/N=C\c1cc(Br)ccc1OCc1cccc2ccccc12. The van der Waals surface area contributed by atoms with Crippen molar-refractivity contribution in [3.05, 3.63) is 106 Å². The van der Waals surface area contributed by atoms with Crippen molar-refractivity contribution >= 4 is 62.3 Å². The molecule has 1 heterocycles. The number of thioether (sulfide) groups is 2. The zero-order valence-corrected chi connectivity index (χ0v) is 23.2. The Labute approximate surface area is 233 Å². The molecule has 0 atom stereocenters. The third kappa shape index (κ3) is 6.89. The van der Waals surface area contributed by atoms with Crippen LogP contribution in [0, 0.1) is 0 Å². The minimum absolute atomic E-state index is 0.119. The highest BCUT2D eigenvalue weighted by Gasteiger charge is 2.18. The van der Waals surface area contributed by atoms with Crippen LogP contribution in [0.4, 0.5) is 0 Å². The summed E-state index contributed by atoms with van der Waals surface area (Å²) < 4.78 is 13.1. The Morgan fingerprint density at radius 1 is 0.973 bits per heavy atom. The molecule has 37 heavy (non-hydrogen) atoms. The van der Waals surface area contributed by atoms with Crippen molar-refractivity contribution in [3.63, 3.8) is 0 Å². The molecule has 0 unspecified atom stereocenters. The lowest BCUT2D eigenvalue weighted by molar-refractivity contribution is -0.123. The predicted molar refractivity (Wildman–Crippen MR) is 158 cm³/mol. The zero-order valence-electron chi connectivity index (χ0n) is 19.9. The van der Waals surface area contributed by atoms with Crippen LogP contribution in [0.15, 0.2) is 94.5 Å². The largest absolute Gasteiger partial charge is 0.488 e. The molecule has 4 aromatic carbocycles. The van der Waals surface area contributed by atoms with Gasteiger partial charge in [0.05, 0.1) is 10.8 Å². The van der Waals surface area contributed by atoms with E-state index in [0.29, 0.717) is 22.7 Å². The number of halogens is 1. The average Bonchev–Trinajstić information content (AvgIpc) is 3.47. The minimum Gasteiger partial charge on any atom is -0.488 e. The second kappa shape index (κ2) is 12.5. The lowest BCUT2D eigenvalue weighted by Crippen LogP contribution is -2.24. The molecule has 1 aliphatic rings. The first-order valence-corrected chi connectivity index (χ1v) is 14.7. The van der Waals surface area contributed by atoms with Crippen LogP contribution in [0.3, 0.4) is 0 Å². The van der Waals surface area contributed by atoms with Crippen molar-refractivity contribution in [1.29, 1.82) is 0 Å². The van der Waals surface area contributed by atoms with Gasteiger partial charge in [0.25, 0.3) is 5.91 Å². The van der Waals surface area contributed by atoms with Crippen molar-refractivity contribution in [2.75, 3.05) is 18.1 Å². The maximum Gasteiger partial charge on any atom is 0.277 e. The van der Waals surface area contributed by atoms with Gasteiger partial charge in [-0.25, -0.2) is 5.43 Å². The molecule has 1 N–H and O–H groups in total. The van der Waals surface area contributed by atoms with Crippen molar-refractivity contribution in [3.8, 4) is 11.5 Å². The molecule has 4 aromatic rings. The number of nitrogens with zero attached hydrogens (tertiary/aromatic N) is 1. The van der Waals surface area contributed by atoms with E-state index in [4.69, 9.17) is 9.47 Å². The number of nitrogens with one attached hydrogen (secondary N) is 1. The van der Waals surface area contributed by atoms with Crippen molar-refractivity contribution in [2.45, 2.75) is 11.2 Å². The van der Waals surface area contributed by atoms with Crippen molar-refractivity contribution in [2.24, 2.45) is 5.10 Å². The fraction of sp³-hybridized carbons (Fsp3) is 0.172. The van der Waals surface area contributed by atoms with Gasteiger partial charge in [-0.3, -0.25) is 4.79 Å². The van der Waals surface area contributed by atoms with Gasteiger partial charge in [0, 0.05) is 21.5 Å². The highest BCUT2D eigenvalue weighted by atomic mass is 79.9. The van der Waals surface area contributed by atoms with Gasteiger partial charge in [-0.2, -0.15) is 5.10 Å². The van der Waals surface area contributed by atoms with Crippen LogP contribution < -0.4 is 14.9 Å². The first-order chi connectivity index (χ1) is 18.2. The van der Waals surface area contributed by atoms with Crippen LogP contribution in [-0.4, -0.2) is 30.2 Å². The molecule has 5 rings (SSSR count). The van der Waals surface area contributed by atoms with Crippen LogP contribution in [0.2, 0.25) is 0 Å². The summed E-state index contributed by atoms with van der Waals surface area (Å²) in [6.45, 7) is 0.299. The molecule has 1 aliphatic heterocycles. The molecule has 0 aromatic heterocycles. The Balaban J connectivity index is 1.16. The van der Waals surface area contributed by atoms with Crippen LogP contribution in [0.1, 0.15) is 21.3 Å². The number of ether oxygens (including phenoxy) is 2. The van der Waals surface area contributed by atoms with Gasteiger partial charge in [0.2, 0.25) is 0 Å². The topological polar surface area (TPSA) is 59.9 Å². The molecule has 0 spiro atoms. The zero-order chi connectivity index (χ0) is 25.5. The number of hydrazone groups is 1. The van der Waals surface area contributed by atoms with Gasteiger partial charge < -0.3 is 9.47 Å². The van der Waals surface area contributed by atoms with E-state index in [1.165, 1.54) is 22.5 Å². The molecule has 1 saturated heterocycles. The first-order valence-electron chi connectivity index (χ1n) is 11.8. The number of amides is 1. The van der Waals surface area contributed by atoms with Gasteiger partial charge >= 0.3 is 0 Å². The highest BCUT2D eigenvalue weighted by Crippen LogP contribution is 2.45. The maximum atomic E-state index is 12.3. The molecule has 0 aliphatic carbocycles. The molecule has 1 fully saturated rings. The Hall–Kier alpha value is -2.94. The summed E-state index contributed by atoms with van der Waals surface area (Å²) in [5, 5.41) is 6.45.